The van der Waals surface area contributed by atoms with Gasteiger partial charge in [0.2, 0.25) is 0 Å². The second-order valence-electron chi connectivity index (χ2n) is 5.67. The summed E-state index contributed by atoms with van der Waals surface area (Å²) in [4.78, 5) is 13.7. The monoisotopic (exact) mass is 275 g/mol. The summed E-state index contributed by atoms with van der Waals surface area (Å²) in [6, 6.07) is 2.63. The topological polar surface area (TPSA) is 63.1 Å². The summed E-state index contributed by atoms with van der Waals surface area (Å²) in [5, 5.41) is 13.5. The Hall–Kier alpha value is -1.67. The molecule has 1 aliphatic heterocycles. The fraction of sp³-hybridized carbons (Fsp3) is 0.667. The maximum absolute atomic E-state index is 12.3. The first kappa shape index (κ1) is 14.7. The molecule has 1 N–H and O–H groups in total. The van der Waals surface area contributed by atoms with Gasteiger partial charge in [-0.2, -0.15) is 15.0 Å². The number of rotatable bonds is 3. The van der Waals surface area contributed by atoms with E-state index in [2.05, 4.69) is 12.0 Å². The summed E-state index contributed by atoms with van der Waals surface area (Å²) in [5.41, 5.74) is 1.46. The Bertz CT molecular complexity index is 585. The van der Waals surface area contributed by atoms with Crippen LogP contribution in [0.5, 0.6) is 0 Å². The van der Waals surface area contributed by atoms with Gasteiger partial charge in [-0.25, -0.2) is 0 Å². The summed E-state index contributed by atoms with van der Waals surface area (Å²) < 4.78 is 1.49. The van der Waals surface area contributed by atoms with Crippen molar-refractivity contribution in [2.45, 2.75) is 59.2 Å². The number of piperidine rings is 1. The molecule has 2 rings (SSSR count). The van der Waals surface area contributed by atoms with Gasteiger partial charge in [0.05, 0.1) is 18.3 Å². The minimum absolute atomic E-state index is 0.238. The van der Waals surface area contributed by atoms with Gasteiger partial charge < -0.3 is 4.90 Å². The third kappa shape index (κ3) is 2.75. The largest absolute Gasteiger partial charge is 0.314 e. The molecular weight excluding hydrogens is 252 g/mol. The minimum Gasteiger partial charge on any atom is -0.314 e. The lowest BCUT2D eigenvalue weighted by Crippen LogP contribution is -3.16. The van der Waals surface area contributed by atoms with E-state index in [9.17, 15) is 4.79 Å². The number of nitrogens with zero attached hydrogens (tertiary/aromatic N) is 3. The van der Waals surface area contributed by atoms with Gasteiger partial charge in [-0.3, -0.25) is 4.79 Å². The van der Waals surface area contributed by atoms with Crippen LogP contribution in [0.25, 0.3) is 0 Å². The van der Waals surface area contributed by atoms with Gasteiger partial charge in [0, 0.05) is 0 Å². The molecule has 2 atom stereocenters. The second kappa shape index (κ2) is 6.19. The molecule has 0 saturated carbocycles. The Morgan fingerprint density at radius 1 is 1.45 bits per heavy atom. The molecule has 0 bridgehead atoms. The molecule has 0 spiro atoms. The smallest absolute Gasteiger partial charge is 0.289 e. The van der Waals surface area contributed by atoms with E-state index in [1.54, 1.807) is 6.92 Å². The van der Waals surface area contributed by atoms with E-state index in [4.69, 9.17) is 5.26 Å². The summed E-state index contributed by atoms with van der Waals surface area (Å²) >= 11 is 0. The van der Waals surface area contributed by atoms with Crippen molar-refractivity contribution in [2.75, 3.05) is 6.54 Å². The van der Waals surface area contributed by atoms with Crippen LogP contribution in [0.3, 0.4) is 0 Å². The van der Waals surface area contributed by atoms with E-state index in [0.29, 0.717) is 18.3 Å². The molecule has 1 unspecified atom stereocenters. The first-order valence-electron chi connectivity index (χ1n) is 7.41. The molecule has 5 nitrogen and oxygen atoms in total. The van der Waals surface area contributed by atoms with Gasteiger partial charge in [-0.1, -0.05) is 6.92 Å². The highest BCUT2D eigenvalue weighted by Crippen LogP contribution is 2.07. The Balaban J connectivity index is 2.32. The van der Waals surface area contributed by atoms with Gasteiger partial charge in [0.15, 0.2) is 6.67 Å². The number of aromatic nitrogens is 2. The number of nitriles is 1. The lowest BCUT2D eigenvalue weighted by atomic mass is 10.0. The molecule has 5 heteroatoms. The van der Waals surface area contributed by atoms with Gasteiger partial charge >= 0.3 is 0 Å². The van der Waals surface area contributed by atoms with Crippen molar-refractivity contribution in [3.63, 3.8) is 0 Å². The molecule has 1 aromatic heterocycles. The second-order valence-corrected chi connectivity index (χ2v) is 5.67. The van der Waals surface area contributed by atoms with Crippen molar-refractivity contribution in [2.24, 2.45) is 0 Å². The number of quaternary nitrogens is 1. The average Bonchev–Trinajstić information content (AvgIpc) is 2.46. The molecule has 2 heterocycles. The first-order chi connectivity index (χ1) is 9.58. The van der Waals surface area contributed by atoms with Crippen molar-refractivity contribution >= 4 is 0 Å². The molecule has 0 radical (unpaired) electrons. The van der Waals surface area contributed by atoms with Crippen LogP contribution in [-0.4, -0.2) is 22.4 Å². The molecular formula is C15H23N4O+. The molecule has 1 fully saturated rings. The minimum atomic E-state index is -0.247. The molecule has 1 aliphatic rings. The van der Waals surface area contributed by atoms with Gasteiger partial charge in [0.25, 0.3) is 5.56 Å². The fourth-order valence-electron chi connectivity index (χ4n) is 3.06. The first-order valence-corrected chi connectivity index (χ1v) is 7.41. The number of hydrogen-bond acceptors (Lipinski definition) is 3. The number of aryl methyl sites for hydroxylation is 1. The standard InChI is InChI=1S/C15H22N4O/c1-4-13-7-5-6-8-18(13)10-19-15(20)14(9-16)11(2)12(3)17-19/h13H,4-8,10H2,1-3H3/p+1/t13-/m0/s1. The van der Waals surface area contributed by atoms with Gasteiger partial charge in [0.1, 0.15) is 11.6 Å². The molecule has 108 valence electrons. The third-order valence-corrected chi connectivity index (χ3v) is 4.47. The average molecular weight is 275 g/mol. The number of likely N-dealkylation sites (tertiary alicyclic amines) is 1. The van der Waals surface area contributed by atoms with E-state index >= 15 is 0 Å². The number of nitrogens with one attached hydrogen (secondary N) is 1. The van der Waals surface area contributed by atoms with E-state index < -0.39 is 0 Å². The van der Waals surface area contributed by atoms with E-state index in [0.717, 1.165) is 18.7 Å². The fourth-order valence-corrected chi connectivity index (χ4v) is 3.06. The predicted octanol–water partition coefficient (Wildman–Crippen LogP) is 0.537. The SMILES string of the molecule is CC[C@H]1CCCC[NH+]1Cn1nc(C)c(C)c(C#N)c1=O. The normalized spacial score (nSPS) is 22.5. The van der Waals surface area contributed by atoms with Crippen molar-refractivity contribution in [1.29, 1.82) is 5.26 Å². The van der Waals surface area contributed by atoms with Crippen LogP contribution >= 0.6 is 0 Å². The molecule has 0 aliphatic carbocycles. The Labute approximate surface area is 119 Å². The van der Waals surface area contributed by atoms with Crippen LogP contribution < -0.4 is 10.5 Å². The summed E-state index contributed by atoms with van der Waals surface area (Å²) in [7, 11) is 0. The van der Waals surface area contributed by atoms with E-state index in [-0.39, 0.29) is 11.1 Å². The van der Waals surface area contributed by atoms with Crippen LogP contribution in [0.1, 0.15) is 49.4 Å². The summed E-state index contributed by atoms with van der Waals surface area (Å²) in [6.07, 6.45) is 4.83. The van der Waals surface area contributed by atoms with Crippen LogP contribution in [0.4, 0.5) is 0 Å². The van der Waals surface area contributed by atoms with Crippen molar-refractivity contribution < 1.29 is 4.90 Å². The summed E-state index contributed by atoms with van der Waals surface area (Å²) in [5.74, 6) is 0. The third-order valence-electron chi connectivity index (χ3n) is 4.47. The quantitative estimate of drug-likeness (QED) is 0.875. The zero-order valence-electron chi connectivity index (χ0n) is 12.6. The van der Waals surface area contributed by atoms with E-state index in [1.807, 2.05) is 13.0 Å². The highest BCUT2D eigenvalue weighted by atomic mass is 16.1. The Morgan fingerprint density at radius 3 is 2.85 bits per heavy atom. The molecule has 1 aromatic rings. The highest BCUT2D eigenvalue weighted by molar-refractivity contribution is 5.36. The molecule has 1 saturated heterocycles. The maximum atomic E-state index is 12.3. The predicted molar refractivity (Wildman–Crippen MR) is 76.4 cm³/mol. The van der Waals surface area contributed by atoms with Gasteiger partial charge in [-0.15, -0.1) is 0 Å². The molecule has 0 amide bonds. The molecule has 0 aromatic carbocycles. The lowest BCUT2D eigenvalue weighted by Gasteiger charge is -2.31. The Morgan fingerprint density at radius 2 is 2.20 bits per heavy atom. The number of hydrogen-bond donors (Lipinski definition) is 1. The zero-order chi connectivity index (χ0) is 14.7. The maximum Gasteiger partial charge on any atom is 0.289 e. The van der Waals surface area contributed by atoms with Crippen molar-refractivity contribution in [3.8, 4) is 6.07 Å². The van der Waals surface area contributed by atoms with Crippen LogP contribution in [-0.2, 0) is 6.67 Å². The van der Waals surface area contributed by atoms with Crippen molar-refractivity contribution in [1.82, 2.24) is 9.78 Å². The highest BCUT2D eigenvalue weighted by Gasteiger charge is 2.25. The summed E-state index contributed by atoms with van der Waals surface area (Å²) in [6.45, 7) is 7.51. The van der Waals surface area contributed by atoms with Crippen LogP contribution in [0.2, 0.25) is 0 Å². The van der Waals surface area contributed by atoms with E-state index in [1.165, 1.54) is 28.8 Å². The Kier molecular flexibility index (Phi) is 4.56. The van der Waals surface area contributed by atoms with Crippen molar-refractivity contribution in [3.05, 3.63) is 27.2 Å². The molecule has 20 heavy (non-hydrogen) atoms. The zero-order valence-corrected chi connectivity index (χ0v) is 12.6. The van der Waals surface area contributed by atoms with Crippen LogP contribution in [0, 0.1) is 25.2 Å². The lowest BCUT2D eigenvalue weighted by molar-refractivity contribution is -0.953. The van der Waals surface area contributed by atoms with Crippen LogP contribution in [0.15, 0.2) is 4.79 Å². The van der Waals surface area contributed by atoms with Gasteiger partial charge in [-0.05, 0) is 45.1 Å².